The second-order valence-electron chi connectivity index (χ2n) is 4.19. The SMILES string of the molecule is CCC=CCC(=O)[O-].C[N+](C)(C)CCO. The average molecular weight is 217 g/mol. The number of carboxylic acids is 1. The van der Waals surface area contributed by atoms with Crippen LogP contribution in [-0.4, -0.2) is 49.9 Å². The van der Waals surface area contributed by atoms with Crippen molar-refractivity contribution in [2.45, 2.75) is 19.8 Å². The molecule has 0 aromatic rings. The van der Waals surface area contributed by atoms with Gasteiger partial charge in [-0.2, -0.15) is 0 Å². The standard InChI is InChI=1S/C6H10O2.C5H14NO/c1-2-3-4-5-6(7)8;1-6(2,3)4-5-7/h3-4H,2,5H2,1H3,(H,7,8);7H,4-5H2,1-3H3/q;+1/p-1. The van der Waals surface area contributed by atoms with E-state index in [4.69, 9.17) is 5.11 Å². The summed E-state index contributed by atoms with van der Waals surface area (Å²) in [7, 11) is 6.16. The Labute approximate surface area is 92.4 Å². The van der Waals surface area contributed by atoms with Crippen LogP contribution in [0, 0.1) is 0 Å². The highest BCUT2D eigenvalue weighted by Gasteiger charge is 2.02. The Morgan fingerprint density at radius 3 is 2.07 bits per heavy atom. The third-order valence-electron chi connectivity index (χ3n) is 1.46. The van der Waals surface area contributed by atoms with Crippen LogP contribution >= 0.6 is 0 Å². The zero-order valence-corrected chi connectivity index (χ0v) is 10.2. The van der Waals surface area contributed by atoms with Crippen molar-refractivity contribution >= 4 is 5.97 Å². The Morgan fingerprint density at radius 2 is 1.87 bits per heavy atom. The number of carbonyl (C=O) groups is 1. The Kier molecular flexibility index (Phi) is 10.7. The van der Waals surface area contributed by atoms with Crippen LogP contribution in [0.15, 0.2) is 12.2 Å². The van der Waals surface area contributed by atoms with Crippen molar-refractivity contribution in [2.75, 3.05) is 34.3 Å². The molecule has 0 heterocycles. The predicted octanol–water partition coefficient (Wildman–Crippen LogP) is -0.222. The van der Waals surface area contributed by atoms with Gasteiger partial charge in [-0.05, 0) is 6.42 Å². The molecule has 0 aliphatic heterocycles. The molecule has 0 saturated heterocycles. The van der Waals surface area contributed by atoms with Crippen molar-refractivity contribution in [3.8, 4) is 0 Å². The summed E-state index contributed by atoms with van der Waals surface area (Å²) >= 11 is 0. The summed E-state index contributed by atoms with van der Waals surface area (Å²) in [4.78, 5) is 9.71. The molecule has 0 aromatic carbocycles. The van der Waals surface area contributed by atoms with Crippen LogP contribution in [0.5, 0.6) is 0 Å². The van der Waals surface area contributed by atoms with Gasteiger partial charge < -0.3 is 19.5 Å². The zero-order chi connectivity index (χ0) is 12.3. The molecule has 0 radical (unpaired) electrons. The summed E-state index contributed by atoms with van der Waals surface area (Å²) in [5.74, 6) is -1.02. The van der Waals surface area contributed by atoms with Crippen LogP contribution in [0.4, 0.5) is 0 Å². The lowest BCUT2D eigenvalue weighted by Gasteiger charge is -2.21. The number of aliphatic hydroxyl groups is 1. The Balaban J connectivity index is 0. The van der Waals surface area contributed by atoms with Crippen molar-refractivity contribution < 1.29 is 19.5 Å². The normalized spacial score (nSPS) is 11.0. The largest absolute Gasteiger partial charge is 0.550 e. The van der Waals surface area contributed by atoms with Gasteiger partial charge in [0.25, 0.3) is 0 Å². The highest BCUT2D eigenvalue weighted by Crippen LogP contribution is 1.84. The van der Waals surface area contributed by atoms with E-state index in [9.17, 15) is 9.90 Å². The number of allylic oxidation sites excluding steroid dienone is 1. The lowest BCUT2D eigenvalue weighted by molar-refractivity contribution is -0.870. The fourth-order valence-corrected chi connectivity index (χ4v) is 0.646. The topological polar surface area (TPSA) is 60.4 Å². The van der Waals surface area contributed by atoms with E-state index in [1.807, 2.05) is 6.92 Å². The van der Waals surface area contributed by atoms with Crippen LogP contribution in [0.1, 0.15) is 19.8 Å². The molecule has 0 fully saturated rings. The van der Waals surface area contributed by atoms with Crippen molar-refractivity contribution in [3.05, 3.63) is 12.2 Å². The number of carbonyl (C=O) groups excluding carboxylic acids is 1. The Hall–Kier alpha value is -0.870. The van der Waals surface area contributed by atoms with E-state index >= 15 is 0 Å². The predicted molar refractivity (Wildman–Crippen MR) is 59.0 cm³/mol. The lowest BCUT2D eigenvalue weighted by atomic mass is 10.3. The van der Waals surface area contributed by atoms with Gasteiger partial charge in [-0.1, -0.05) is 19.1 Å². The van der Waals surface area contributed by atoms with E-state index in [1.165, 1.54) is 0 Å². The average Bonchev–Trinajstić information content (AvgIpc) is 2.02. The fourth-order valence-electron chi connectivity index (χ4n) is 0.646. The number of rotatable bonds is 5. The second-order valence-corrected chi connectivity index (χ2v) is 4.19. The van der Waals surface area contributed by atoms with E-state index in [-0.39, 0.29) is 13.0 Å². The summed E-state index contributed by atoms with van der Waals surface area (Å²) in [6.07, 6.45) is 4.31. The first kappa shape index (κ1) is 16.6. The molecular weight excluding hydrogens is 194 g/mol. The van der Waals surface area contributed by atoms with Crippen molar-refractivity contribution in [2.24, 2.45) is 0 Å². The minimum atomic E-state index is -1.02. The van der Waals surface area contributed by atoms with Gasteiger partial charge in [0.15, 0.2) is 0 Å². The molecule has 1 N–H and O–H groups in total. The highest BCUT2D eigenvalue weighted by atomic mass is 16.4. The maximum absolute atomic E-state index is 9.71. The van der Waals surface area contributed by atoms with E-state index in [0.29, 0.717) is 0 Å². The molecular formula is C11H23NO3. The molecule has 90 valence electrons. The van der Waals surface area contributed by atoms with E-state index in [2.05, 4.69) is 21.1 Å². The van der Waals surface area contributed by atoms with Gasteiger partial charge in [-0.15, -0.1) is 0 Å². The first-order valence-electron chi connectivity index (χ1n) is 5.09. The van der Waals surface area contributed by atoms with Gasteiger partial charge in [0.05, 0.1) is 27.7 Å². The molecule has 0 bridgehead atoms. The third-order valence-corrected chi connectivity index (χ3v) is 1.46. The van der Waals surface area contributed by atoms with E-state index in [0.717, 1.165) is 17.4 Å². The molecule has 4 nitrogen and oxygen atoms in total. The van der Waals surface area contributed by atoms with Crippen LogP contribution in [0.3, 0.4) is 0 Å². The Bertz CT molecular complexity index is 183. The summed E-state index contributed by atoms with van der Waals surface area (Å²) in [6.45, 7) is 3.06. The lowest BCUT2D eigenvalue weighted by Crippen LogP contribution is -2.36. The van der Waals surface area contributed by atoms with Crippen LogP contribution in [-0.2, 0) is 4.79 Å². The number of nitrogens with zero attached hydrogens (tertiary/aromatic N) is 1. The van der Waals surface area contributed by atoms with Crippen molar-refractivity contribution in [3.63, 3.8) is 0 Å². The molecule has 0 unspecified atom stereocenters. The van der Waals surface area contributed by atoms with E-state index < -0.39 is 5.97 Å². The van der Waals surface area contributed by atoms with Gasteiger partial charge in [0.1, 0.15) is 6.54 Å². The summed E-state index contributed by atoms with van der Waals surface area (Å²) in [5, 5.41) is 18.1. The van der Waals surface area contributed by atoms with Gasteiger partial charge in [-0.3, -0.25) is 0 Å². The van der Waals surface area contributed by atoms with Gasteiger partial charge in [0, 0.05) is 12.4 Å². The molecule has 0 rings (SSSR count). The van der Waals surface area contributed by atoms with E-state index in [1.54, 1.807) is 12.2 Å². The van der Waals surface area contributed by atoms with Gasteiger partial charge in [-0.25, -0.2) is 0 Å². The Morgan fingerprint density at radius 1 is 1.33 bits per heavy atom. The molecule has 4 heteroatoms. The number of aliphatic carboxylic acids is 1. The second kappa shape index (κ2) is 9.68. The first-order valence-corrected chi connectivity index (χ1v) is 5.09. The van der Waals surface area contributed by atoms with Crippen molar-refractivity contribution in [1.29, 1.82) is 0 Å². The smallest absolute Gasteiger partial charge is 0.101 e. The summed E-state index contributed by atoms with van der Waals surface area (Å²) in [5.41, 5.74) is 0. The number of hydrogen-bond acceptors (Lipinski definition) is 3. The maximum Gasteiger partial charge on any atom is 0.101 e. The van der Waals surface area contributed by atoms with Crippen LogP contribution in [0.25, 0.3) is 0 Å². The molecule has 0 amide bonds. The molecule has 15 heavy (non-hydrogen) atoms. The third kappa shape index (κ3) is 24.6. The zero-order valence-electron chi connectivity index (χ0n) is 10.2. The first-order chi connectivity index (χ1) is 6.83. The summed E-state index contributed by atoms with van der Waals surface area (Å²) in [6, 6.07) is 0. The number of quaternary nitrogens is 1. The molecule has 0 atom stereocenters. The number of carboxylic acid groups (broad SMARTS) is 1. The number of likely N-dealkylation sites (N-methyl/N-ethyl adjacent to an activating group) is 1. The number of aliphatic hydroxyl groups excluding tert-OH is 1. The van der Waals surface area contributed by atoms with Gasteiger partial charge >= 0.3 is 0 Å². The fraction of sp³-hybridized carbons (Fsp3) is 0.727. The maximum atomic E-state index is 9.71. The number of hydrogen-bond donors (Lipinski definition) is 1. The van der Waals surface area contributed by atoms with Crippen molar-refractivity contribution in [1.82, 2.24) is 0 Å². The summed E-state index contributed by atoms with van der Waals surface area (Å²) < 4.78 is 0.844. The van der Waals surface area contributed by atoms with Crippen LogP contribution in [0.2, 0.25) is 0 Å². The monoisotopic (exact) mass is 217 g/mol. The quantitative estimate of drug-likeness (QED) is 0.511. The minimum Gasteiger partial charge on any atom is -0.550 e. The van der Waals surface area contributed by atoms with Gasteiger partial charge in [0.2, 0.25) is 0 Å². The minimum absolute atomic E-state index is 0.0356. The van der Waals surface area contributed by atoms with Crippen LogP contribution < -0.4 is 5.11 Å². The molecule has 0 aliphatic carbocycles. The molecule has 0 aromatic heterocycles. The molecule has 0 saturated carbocycles. The molecule has 0 spiro atoms. The molecule has 0 aliphatic rings. The highest BCUT2D eigenvalue weighted by molar-refractivity contribution is 5.66.